The minimum Gasteiger partial charge on any atom is -0.491 e. The van der Waals surface area contributed by atoms with Gasteiger partial charge in [-0.3, -0.25) is 0 Å². The average molecular weight is 275 g/mol. The van der Waals surface area contributed by atoms with Crippen LogP contribution < -0.4 is 4.74 Å². The van der Waals surface area contributed by atoms with Gasteiger partial charge in [0.25, 0.3) is 0 Å². The van der Waals surface area contributed by atoms with Gasteiger partial charge in [-0.2, -0.15) is 0 Å². The van der Waals surface area contributed by atoms with E-state index in [0.29, 0.717) is 16.8 Å². The van der Waals surface area contributed by atoms with Gasteiger partial charge in [0.05, 0.1) is 10.6 Å². The van der Waals surface area contributed by atoms with Gasteiger partial charge in [0.1, 0.15) is 18.2 Å². The molecule has 0 amide bonds. The van der Waals surface area contributed by atoms with Gasteiger partial charge in [0, 0.05) is 6.61 Å². The second-order valence-corrected chi connectivity index (χ2v) is 4.38. The molecule has 1 heterocycles. The number of ether oxygens (including phenoxy) is 2. The number of halogens is 2. The Hall–Kier alpha value is -0.610. The van der Waals surface area contributed by atoms with Crippen LogP contribution in [0, 0.1) is 5.82 Å². The molecular formula is C11H12BrFO2. The molecule has 2 nitrogen and oxygen atoms in total. The van der Waals surface area contributed by atoms with Crippen LogP contribution in [0.5, 0.6) is 5.75 Å². The van der Waals surface area contributed by atoms with E-state index < -0.39 is 0 Å². The maximum atomic E-state index is 12.9. The first-order valence-corrected chi connectivity index (χ1v) is 5.74. The van der Waals surface area contributed by atoms with Crippen molar-refractivity contribution in [1.29, 1.82) is 0 Å². The van der Waals surface area contributed by atoms with Gasteiger partial charge in [-0.1, -0.05) is 0 Å². The monoisotopic (exact) mass is 274 g/mol. The fourth-order valence-corrected chi connectivity index (χ4v) is 1.89. The molecule has 1 aliphatic rings. The Morgan fingerprint density at radius 2 is 2.40 bits per heavy atom. The second kappa shape index (κ2) is 4.94. The Morgan fingerprint density at radius 3 is 3.07 bits per heavy atom. The first kappa shape index (κ1) is 10.9. The van der Waals surface area contributed by atoms with Crippen molar-refractivity contribution in [3.05, 3.63) is 28.5 Å². The zero-order chi connectivity index (χ0) is 10.7. The van der Waals surface area contributed by atoms with E-state index in [1.807, 2.05) is 0 Å². The highest BCUT2D eigenvalue weighted by molar-refractivity contribution is 9.10. The molecule has 1 atom stereocenters. The second-order valence-electron chi connectivity index (χ2n) is 3.52. The van der Waals surface area contributed by atoms with E-state index in [2.05, 4.69) is 15.9 Å². The summed E-state index contributed by atoms with van der Waals surface area (Å²) in [5.74, 6) is 0.387. The Kier molecular flexibility index (Phi) is 3.59. The third kappa shape index (κ3) is 2.92. The quantitative estimate of drug-likeness (QED) is 0.843. The van der Waals surface area contributed by atoms with E-state index >= 15 is 0 Å². The Labute approximate surface area is 96.5 Å². The maximum absolute atomic E-state index is 12.9. The molecule has 0 radical (unpaired) electrons. The van der Waals surface area contributed by atoms with Gasteiger partial charge < -0.3 is 9.47 Å². The maximum Gasteiger partial charge on any atom is 0.137 e. The SMILES string of the molecule is Fc1ccc(OCC2CCCO2)cc1Br. The van der Waals surface area contributed by atoms with Crippen LogP contribution in [0.4, 0.5) is 4.39 Å². The minimum absolute atomic E-state index is 0.189. The standard InChI is InChI=1S/C11H12BrFO2/c12-10-6-8(3-4-11(10)13)15-7-9-2-1-5-14-9/h3-4,6,9H,1-2,5,7H2. The molecule has 1 fully saturated rings. The van der Waals surface area contributed by atoms with E-state index in [4.69, 9.17) is 9.47 Å². The average Bonchev–Trinajstić information content (AvgIpc) is 2.73. The fourth-order valence-electron chi connectivity index (χ4n) is 1.53. The number of hydrogen-bond acceptors (Lipinski definition) is 2. The zero-order valence-electron chi connectivity index (χ0n) is 8.21. The number of rotatable bonds is 3. The highest BCUT2D eigenvalue weighted by Gasteiger charge is 2.16. The van der Waals surface area contributed by atoms with E-state index in [1.165, 1.54) is 6.07 Å². The highest BCUT2D eigenvalue weighted by Crippen LogP contribution is 2.22. The number of hydrogen-bond donors (Lipinski definition) is 0. The van der Waals surface area contributed by atoms with Crippen molar-refractivity contribution in [1.82, 2.24) is 0 Å². The molecule has 1 aliphatic heterocycles. The molecule has 0 saturated carbocycles. The van der Waals surface area contributed by atoms with E-state index in [9.17, 15) is 4.39 Å². The summed E-state index contributed by atoms with van der Waals surface area (Å²) in [6, 6.07) is 4.63. The topological polar surface area (TPSA) is 18.5 Å². The van der Waals surface area contributed by atoms with Crippen molar-refractivity contribution in [3.63, 3.8) is 0 Å². The summed E-state index contributed by atoms with van der Waals surface area (Å²) in [5, 5.41) is 0. The summed E-state index contributed by atoms with van der Waals surface area (Å²) in [6.07, 6.45) is 2.33. The molecule has 82 valence electrons. The molecule has 1 aromatic rings. The molecule has 0 bridgehead atoms. The molecule has 1 unspecified atom stereocenters. The van der Waals surface area contributed by atoms with Gasteiger partial charge in [0.2, 0.25) is 0 Å². The lowest BCUT2D eigenvalue weighted by atomic mass is 10.2. The predicted octanol–water partition coefficient (Wildman–Crippen LogP) is 3.15. The predicted molar refractivity (Wildman–Crippen MR) is 58.6 cm³/mol. The molecule has 2 rings (SSSR count). The van der Waals surface area contributed by atoms with Crippen molar-refractivity contribution in [2.75, 3.05) is 13.2 Å². The van der Waals surface area contributed by atoms with Crippen LogP contribution in [-0.4, -0.2) is 19.3 Å². The Morgan fingerprint density at radius 1 is 1.53 bits per heavy atom. The van der Waals surface area contributed by atoms with Crippen molar-refractivity contribution in [2.45, 2.75) is 18.9 Å². The summed E-state index contributed by atoms with van der Waals surface area (Å²) < 4.78 is 24.3. The third-order valence-corrected chi connectivity index (χ3v) is 2.96. The largest absolute Gasteiger partial charge is 0.491 e. The number of benzene rings is 1. The van der Waals surface area contributed by atoms with Gasteiger partial charge in [-0.25, -0.2) is 4.39 Å². The molecule has 0 aliphatic carbocycles. The first-order valence-electron chi connectivity index (χ1n) is 4.95. The van der Waals surface area contributed by atoms with Crippen LogP contribution in [0.2, 0.25) is 0 Å². The van der Waals surface area contributed by atoms with Gasteiger partial charge >= 0.3 is 0 Å². The molecule has 1 aromatic carbocycles. The molecule has 0 spiro atoms. The normalized spacial score (nSPS) is 20.5. The lowest BCUT2D eigenvalue weighted by Crippen LogP contribution is -2.16. The summed E-state index contributed by atoms with van der Waals surface area (Å²) in [6.45, 7) is 1.36. The molecule has 15 heavy (non-hydrogen) atoms. The van der Waals surface area contributed by atoms with Crippen molar-refractivity contribution in [3.8, 4) is 5.75 Å². The lowest BCUT2D eigenvalue weighted by Gasteiger charge is -2.11. The third-order valence-electron chi connectivity index (χ3n) is 2.35. The molecule has 4 heteroatoms. The van der Waals surface area contributed by atoms with Crippen molar-refractivity contribution < 1.29 is 13.9 Å². The fraction of sp³-hybridized carbons (Fsp3) is 0.455. The highest BCUT2D eigenvalue weighted by atomic mass is 79.9. The van der Waals surface area contributed by atoms with E-state index in [-0.39, 0.29) is 11.9 Å². The summed E-state index contributed by atoms with van der Waals surface area (Å²) >= 11 is 3.11. The van der Waals surface area contributed by atoms with Crippen LogP contribution in [0.25, 0.3) is 0 Å². The van der Waals surface area contributed by atoms with Gasteiger partial charge in [-0.15, -0.1) is 0 Å². The smallest absolute Gasteiger partial charge is 0.137 e. The lowest BCUT2D eigenvalue weighted by molar-refractivity contribution is 0.0679. The Balaban J connectivity index is 1.90. The molecule has 0 aromatic heterocycles. The first-order chi connectivity index (χ1) is 7.25. The summed E-state index contributed by atoms with van der Waals surface area (Å²) in [4.78, 5) is 0. The minimum atomic E-state index is -0.278. The van der Waals surface area contributed by atoms with Gasteiger partial charge in [-0.05, 0) is 47.0 Å². The van der Waals surface area contributed by atoms with Crippen molar-refractivity contribution in [2.24, 2.45) is 0 Å². The Bertz CT molecular complexity index is 337. The van der Waals surface area contributed by atoms with Crippen LogP contribution in [0.1, 0.15) is 12.8 Å². The summed E-state index contributed by atoms with van der Waals surface area (Å²) in [7, 11) is 0. The summed E-state index contributed by atoms with van der Waals surface area (Å²) in [5.41, 5.74) is 0. The van der Waals surface area contributed by atoms with E-state index in [0.717, 1.165) is 19.4 Å². The van der Waals surface area contributed by atoms with Gasteiger partial charge in [0.15, 0.2) is 0 Å². The van der Waals surface area contributed by atoms with Crippen molar-refractivity contribution >= 4 is 15.9 Å². The molecule has 1 saturated heterocycles. The van der Waals surface area contributed by atoms with E-state index in [1.54, 1.807) is 12.1 Å². The van der Waals surface area contributed by atoms with Crippen LogP contribution >= 0.6 is 15.9 Å². The van der Waals surface area contributed by atoms with Crippen LogP contribution in [0.15, 0.2) is 22.7 Å². The van der Waals surface area contributed by atoms with Crippen LogP contribution in [-0.2, 0) is 4.74 Å². The molecule has 0 N–H and O–H groups in total. The molecular weight excluding hydrogens is 263 g/mol. The van der Waals surface area contributed by atoms with Crippen LogP contribution in [0.3, 0.4) is 0 Å². The zero-order valence-corrected chi connectivity index (χ0v) is 9.80.